The highest BCUT2D eigenvalue weighted by Gasteiger charge is 2.22. The molecule has 0 heterocycles. The fourth-order valence-electron chi connectivity index (χ4n) is 3.72. The van der Waals surface area contributed by atoms with Gasteiger partial charge in [0.2, 0.25) is 0 Å². The monoisotopic (exact) mass is 332 g/mol. The molecule has 0 atom stereocenters. The Morgan fingerprint density at radius 2 is 1.50 bits per heavy atom. The summed E-state index contributed by atoms with van der Waals surface area (Å²) in [4.78, 5) is 0. The van der Waals surface area contributed by atoms with Crippen molar-refractivity contribution in [3.63, 3.8) is 0 Å². The van der Waals surface area contributed by atoms with Gasteiger partial charge >= 0.3 is 0 Å². The molecule has 0 unspecified atom stereocenters. The van der Waals surface area contributed by atoms with Crippen molar-refractivity contribution in [3.05, 3.63) is 58.9 Å². The zero-order chi connectivity index (χ0) is 17.3. The van der Waals surface area contributed by atoms with Crippen molar-refractivity contribution in [2.45, 2.75) is 51.9 Å². The molecular weight excluding hydrogens is 309 g/mol. The van der Waals surface area contributed by atoms with Crippen molar-refractivity contribution in [2.75, 3.05) is 0 Å². The van der Waals surface area contributed by atoms with Crippen LogP contribution < -0.4 is 0 Å². The minimum atomic E-state index is -0.647. The van der Waals surface area contributed by atoms with Crippen LogP contribution in [0.5, 0.6) is 0 Å². The predicted molar refractivity (Wildman–Crippen MR) is 91.5 cm³/mol. The van der Waals surface area contributed by atoms with E-state index in [0.29, 0.717) is 5.92 Å². The van der Waals surface area contributed by atoms with E-state index in [2.05, 4.69) is 6.92 Å². The summed E-state index contributed by atoms with van der Waals surface area (Å²) in [5.41, 5.74) is 1.45. The van der Waals surface area contributed by atoms with Crippen LogP contribution in [0.15, 0.2) is 30.3 Å². The number of benzene rings is 2. The highest BCUT2D eigenvalue weighted by atomic mass is 19.1. The minimum Gasteiger partial charge on any atom is -0.207 e. The van der Waals surface area contributed by atoms with Crippen molar-refractivity contribution in [3.8, 4) is 11.1 Å². The van der Waals surface area contributed by atoms with Gasteiger partial charge in [0.05, 0.1) is 0 Å². The zero-order valence-electron chi connectivity index (χ0n) is 14.2. The lowest BCUT2D eigenvalue weighted by atomic mass is 9.77. The van der Waals surface area contributed by atoms with Crippen LogP contribution in [0.3, 0.4) is 0 Å². The molecule has 0 aromatic heterocycles. The number of hydrogen-bond donors (Lipinski definition) is 0. The molecule has 24 heavy (non-hydrogen) atoms. The van der Waals surface area contributed by atoms with Crippen LogP contribution >= 0.6 is 0 Å². The molecule has 0 aliphatic heterocycles. The molecule has 0 saturated heterocycles. The van der Waals surface area contributed by atoms with Gasteiger partial charge in [-0.2, -0.15) is 0 Å². The largest absolute Gasteiger partial charge is 0.207 e. The van der Waals surface area contributed by atoms with E-state index in [1.807, 2.05) is 6.07 Å². The molecular formula is C21H23F3. The molecule has 3 heteroatoms. The summed E-state index contributed by atoms with van der Waals surface area (Å²) in [5.74, 6) is -0.516. The molecule has 2 aromatic carbocycles. The van der Waals surface area contributed by atoms with Crippen LogP contribution in [-0.4, -0.2) is 0 Å². The molecule has 0 amide bonds. The molecule has 1 aliphatic carbocycles. The van der Waals surface area contributed by atoms with Gasteiger partial charge in [-0.1, -0.05) is 25.5 Å². The first-order valence-electron chi connectivity index (χ1n) is 8.75. The molecule has 2 aromatic rings. The summed E-state index contributed by atoms with van der Waals surface area (Å²) < 4.78 is 42.0. The lowest BCUT2D eigenvalue weighted by Crippen LogP contribution is -2.12. The van der Waals surface area contributed by atoms with E-state index in [9.17, 15) is 13.2 Å². The Bertz CT molecular complexity index is 705. The standard InChI is InChI=1S/C21H23F3/c1-3-14-4-6-15(7-5-14)16-8-9-18(21(24)10-16)17-11-19(22)13(2)20(23)12-17/h8-12,14-15H,3-7H2,1-2H3. The maximum absolute atomic E-state index is 14.6. The first-order chi connectivity index (χ1) is 11.5. The summed E-state index contributed by atoms with van der Waals surface area (Å²) in [5, 5.41) is 0. The van der Waals surface area contributed by atoms with E-state index in [-0.39, 0.29) is 16.7 Å². The van der Waals surface area contributed by atoms with Gasteiger partial charge in [0.15, 0.2) is 0 Å². The molecule has 0 nitrogen and oxygen atoms in total. The van der Waals surface area contributed by atoms with Gasteiger partial charge in [0, 0.05) is 11.1 Å². The van der Waals surface area contributed by atoms with Gasteiger partial charge in [0.25, 0.3) is 0 Å². The van der Waals surface area contributed by atoms with Gasteiger partial charge in [-0.3, -0.25) is 0 Å². The Hall–Kier alpha value is -1.77. The van der Waals surface area contributed by atoms with Crippen molar-refractivity contribution in [1.82, 2.24) is 0 Å². The average molecular weight is 332 g/mol. The molecule has 0 N–H and O–H groups in total. The maximum atomic E-state index is 14.6. The summed E-state index contributed by atoms with van der Waals surface area (Å²) in [6.07, 6.45) is 5.78. The minimum absolute atomic E-state index is 0.0385. The quantitative estimate of drug-likeness (QED) is 0.582. The summed E-state index contributed by atoms with van der Waals surface area (Å²) in [6.45, 7) is 3.60. The van der Waals surface area contributed by atoms with E-state index in [1.165, 1.54) is 38.3 Å². The third-order valence-electron chi connectivity index (χ3n) is 5.48. The van der Waals surface area contributed by atoms with Crippen LogP contribution in [-0.2, 0) is 0 Å². The lowest BCUT2D eigenvalue weighted by Gasteiger charge is -2.28. The number of halogens is 3. The van der Waals surface area contributed by atoms with Crippen LogP contribution in [0, 0.1) is 30.3 Å². The molecule has 3 rings (SSSR count). The Labute approximate surface area is 141 Å². The van der Waals surface area contributed by atoms with Crippen LogP contribution in [0.25, 0.3) is 11.1 Å². The Balaban J connectivity index is 1.85. The van der Waals surface area contributed by atoms with Gasteiger partial charge in [-0.25, -0.2) is 13.2 Å². The van der Waals surface area contributed by atoms with E-state index < -0.39 is 17.5 Å². The van der Waals surface area contributed by atoms with Crippen molar-refractivity contribution < 1.29 is 13.2 Å². The van der Waals surface area contributed by atoms with Gasteiger partial charge in [-0.15, -0.1) is 0 Å². The molecule has 128 valence electrons. The molecule has 0 bridgehead atoms. The maximum Gasteiger partial charge on any atom is 0.131 e. The topological polar surface area (TPSA) is 0 Å². The van der Waals surface area contributed by atoms with Gasteiger partial charge < -0.3 is 0 Å². The molecule has 0 radical (unpaired) electrons. The molecule has 1 aliphatic rings. The van der Waals surface area contributed by atoms with Crippen LogP contribution in [0.2, 0.25) is 0 Å². The summed E-state index contributed by atoms with van der Waals surface area (Å²) in [7, 11) is 0. The van der Waals surface area contributed by atoms with Gasteiger partial charge in [-0.05, 0) is 73.8 Å². The highest BCUT2D eigenvalue weighted by molar-refractivity contribution is 5.65. The Kier molecular flexibility index (Phi) is 4.98. The number of rotatable bonds is 3. The van der Waals surface area contributed by atoms with E-state index in [4.69, 9.17) is 0 Å². The average Bonchev–Trinajstić information content (AvgIpc) is 2.59. The Morgan fingerprint density at radius 1 is 0.875 bits per heavy atom. The van der Waals surface area contributed by atoms with E-state index in [1.54, 1.807) is 12.1 Å². The third-order valence-corrected chi connectivity index (χ3v) is 5.48. The fraction of sp³-hybridized carbons (Fsp3) is 0.429. The lowest BCUT2D eigenvalue weighted by molar-refractivity contribution is 0.318. The summed E-state index contributed by atoms with van der Waals surface area (Å²) >= 11 is 0. The van der Waals surface area contributed by atoms with E-state index in [0.717, 1.165) is 24.3 Å². The highest BCUT2D eigenvalue weighted by Crippen LogP contribution is 2.38. The van der Waals surface area contributed by atoms with Crippen LogP contribution in [0.4, 0.5) is 13.2 Å². The zero-order valence-corrected chi connectivity index (χ0v) is 14.2. The Morgan fingerprint density at radius 3 is 2.04 bits per heavy atom. The van der Waals surface area contributed by atoms with Gasteiger partial charge in [0.1, 0.15) is 17.5 Å². The predicted octanol–water partition coefficient (Wildman–Crippen LogP) is 6.76. The van der Waals surface area contributed by atoms with E-state index >= 15 is 0 Å². The third kappa shape index (κ3) is 3.35. The first-order valence-corrected chi connectivity index (χ1v) is 8.75. The van der Waals surface area contributed by atoms with Crippen molar-refractivity contribution >= 4 is 0 Å². The van der Waals surface area contributed by atoms with Crippen LogP contribution in [0.1, 0.15) is 56.1 Å². The second kappa shape index (κ2) is 7.00. The smallest absolute Gasteiger partial charge is 0.131 e. The second-order valence-electron chi connectivity index (χ2n) is 6.93. The van der Waals surface area contributed by atoms with Crippen molar-refractivity contribution in [2.24, 2.45) is 5.92 Å². The SMILES string of the molecule is CCC1CCC(c2ccc(-c3cc(F)c(C)c(F)c3)c(F)c2)CC1. The normalized spacial score (nSPS) is 21.0. The van der Waals surface area contributed by atoms with Crippen molar-refractivity contribution in [1.29, 1.82) is 0 Å². The molecule has 1 fully saturated rings. The first kappa shape index (κ1) is 17.1. The fourth-order valence-corrected chi connectivity index (χ4v) is 3.72. The molecule has 1 saturated carbocycles. The number of hydrogen-bond acceptors (Lipinski definition) is 0. The molecule has 0 spiro atoms. The summed E-state index contributed by atoms with van der Waals surface area (Å²) in [6, 6.07) is 7.50. The second-order valence-corrected chi connectivity index (χ2v) is 6.93.